The van der Waals surface area contributed by atoms with E-state index in [9.17, 15) is 18.0 Å². The van der Waals surface area contributed by atoms with Crippen molar-refractivity contribution < 1.29 is 22.7 Å². The van der Waals surface area contributed by atoms with Crippen molar-refractivity contribution in [3.8, 4) is 5.75 Å². The molecule has 2 aromatic rings. The standard InChI is InChI=1S/C16H19F3N4O2S/c1-10(26-15-22-21-14(23(15)2)16(17,18)19)13(24)20-9-8-11-4-6-12(25-3)7-5-11/h4-7,10H,8-9H2,1-3H3,(H,20,24)/t10-/m1/s1. The molecule has 1 amide bonds. The molecule has 2 rings (SSSR count). The monoisotopic (exact) mass is 388 g/mol. The number of hydrogen-bond acceptors (Lipinski definition) is 5. The van der Waals surface area contributed by atoms with Gasteiger partial charge in [-0.25, -0.2) is 0 Å². The summed E-state index contributed by atoms with van der Waals surface area (Å²) in [6.07, 6.45) is -3.94. The highest BCUT2D eigenvalue weighted by Gasteiger charge is 2.37. The average molecular weight is 388 g/mol. The lowest BCUT2D eigenvalue weighted by molar-refractivity contribution is -0.147. The van der Waals surface area contributed by atoms with Crippen molar-refractivity contribution in [2.24, 2.45) is 7.05 Å². The summed E-state index contributed by atoms with van der Waals surface area (Å²) in [6, 6.07) is 7.48. The number of aromatic nitrogens is 3. The Morgan fingerprint density at radius 3 is 2.50 bits per heavy atom. The van der Waals surface area contributed by atoms with Crippen LogP contribution in [0.15, 0.2) is 29.4 Å². The van der Waals surface area contributed by atoms with E-state index in [0.717, 1.165) is 27.6 Å². The van der Waals surface area contributed by atoms with Gasteiger partial charge in [-0.1, -0.05) is 23.9 Å². The summed E-state index contributed by atoms with van der Waals surface area (Å²) >= 11 is 0.927. The van der Waals surface area contributed by atoms with Crippen molar-refractivity contribution in [2.75, 3.05) is 13.7 Å². The number of alkyl halides is 3. The largest absolute Gasteiger partial charge is 0.497 e. The van der Waals surface area contributed by atoms with Crippen LogP contribution in [-0.4, -0.2) is 39.6 Å². The van der Waals surface area contributed by atoms with E-state index >= 15 is 0 Å². The van der Waals surface area contributed by atoms with Crippen LogP contribution in [0.25, 0.3) is 0 Å². The molecule has 0 fully saturated rings. The molecule has 0 aliphatic heterocycles. The molecular formula is C16H19F3N4O2S. The van der Waals surface area contributed by atoms with E-state index in [4.69, 9.17) is 4.74 Å². The molecule has 1 aromatic carbocycles. The molecular weight excluding hydrogens is 369 g/mol. The van der Waals surface area contributed by atoms with Crippen molar-refractivity contribution in [2.45, 2.75) is 29.9 Å². The van der Waals surface area contributed by atoms with Gasteiger partial charge in [-0.3, -0.25) is 4.79 Å². The lowest BCUT2D eigenvalue weighted by Gasteiger charge is -2.12. The third-order valence-corrected chi connectivity index (χ3v) is 4.75. The molecule has 0 saturated heterocycles. The van der Waals surface area contributed by atoms with Gasteiger partial charge in [-0.15, -0.1) is 10.2 Å². The molecule has 6 nitrogen and oxygen atoms in total. The fourth-order valence-electron chi connectivity index (χ4n) is 2.14. The number of thioether (sulfide) groups is 1. The van der Waals surface area contributed by atoms with Crippen molar-refractivity contribution in [3.05, 3.63) is 35.7 Å². The van der Waals surface area contributed by atoms with Crippen molar-refractivity contribution in [3.63, 3.8) is 0 Å². The third-order valence-electron chi connectivity index (χ3n) is 3.61. The zero-order valence-electron chi connectivity index (χ0n) is 14.5. The summed E-state index contributed by atoms with van der Waals surface area (Å²) in [6.45, 7) is 2.03. The Balaban J connectivity index is 1.85. The van der Waals surface area contributed by atoms with Crippen molar-refractivity contribution in [1.29, 1.82) is 0 Å². The van der Waals surface area contributed by atoms with Gasteiger partial charge < -0.3 is 14.6 Å². The minimum atomic E-state index is -4.58. The van der Waals surface area contributed by atoms with E-state index in [2.05, 4.69) is 15.5 Å². The second-order valence-corrected chi connectivity index (χ2v) is 6.82. The highest BCUT2D eigenvalue weighted by atomic mass is 32.2. The first-order valence-corrected chi connectivity index (χ1v) is 8.64. The lowest BCUT2D eigenvalue weighted by Crippen LogP contribution is -2.32. The summed E-state index contributed by atoms with van der Waals surface area (Å²) in [5.74, 6) is -0.614. The number of rotatable bonds is 7. The van der Waals surface area contributed by atoms with Gasteiger partial charge in [0.25, 0.3) is 0 Å². The lowest BCUT2D eigenvalue weighted by atomic mass is 10.1. The molecule has 0 aliphatic rings. The Hall–Kier alpha value is -2.23. The average Bonchev–Trinajstić information content (AvgIpc) is 2.96. The molecule has 1 heterocycles. The zero-order valence-corrected chi connectivity index (χ0v) is 15.3. The number of amides is 1. The summed E-state index contributed by atoms with van der Waals surface area (Å²) in [7, 11) is 2.81. The van der Waals surface area contributed by atoms with Gasteiger partial charge in [-0.2, -0.15) is 13.2 Å². The van der Waals surface area contributed by atoms with E-state index in [1.54, 1.807) is 14.0 Å². The first-order valence-electron chi connectivity index (χ1n) is 7.76. The molecule has 0 spiro atoms. The maximum absolute atomic E-state index is 12.7. The van der Waals surface area contributed by atoms with Crippen LogP contribution >= 0.6 is 11.8 Å². The van der Waals surface area contributed by atoms with Gasteiger partial charge in [0.2, 0.25) is 11.7 Å². The molecule has 10 heteroatoms. The van der Waals surface area contributed by atoms with Gasteiger partial charge >= 0.3 is 6.18 Å². The van der Waals surface area contributed by atoms with Gasteiger partial charge in [-0.05, 0) is 31.0 Å². The highest BCUT2D eigenvalue weighted by Crippen LogP contribution is 2.30. The Labute approximate surface area is 153 Å². The van der Waals surface area contributed by atoms with Crippen LogP contribution in [0.1, 0.15) is 18.3 Å². The third kappa shape index (κ3) is 5.13. The number of hydrogen-bond donors (Lipinski definition) is 1. The van der Waals surface area contributed by atoms with E-state index in [-0.39, 0.29) is 11.1 Å². The molecule has 1 N–H and O–H groups in total. The maximum Gasteiger partial charge on any atom is 0.451 e. The fourth-order valence-corrected chi connectivity index (χ4v) is 2.98. The first kappa shape index (κ1) is 20.1. The molecule has 0 aliphatic carbocycles. The smallest absolute Gasteiger partial charge is 0.451 e. The molecule has 0 radical (unpaired) electrons. The number of nitrogens with one attached hydrogen (secondary N) is 1. The normalized spacial score (nSPS) is 12.7. The summed E-state index contributed by atoms with van der Waals surface area (Å²) < 4.78 is 44.1. The number of halogens is 3. The van der Waals surface area contributed by atoms with Gasteiger partial charge in [0.15, 0.2) is 5.16 Å². The quantitative estimate of drug-likeness (QED) is 0.739. The van der Waals surface area contributed by atoms with Gasteiger partial charge in [0.05, 0.1) is 12.4 Å². The number of carbonyl (C=O) groups is 1. The molecule has 1 atom stereocenters. The molecule has 0 unspecified atom stereocenters. The topological polar surface area (TPSA) is 69.0 Å². The van der Waals surface area contributed by atoms with Gasteiger partial charge in [0, 0.05) is 13.6 Å². The highest BCUT2D eigenvalue weighted by molar-refractivity contribution is 8.00. The molecule has 26 heavy (non-hydrogen) atoms. The van der Waals surface area contributed by atoms with E-state index < -0.39 is 17.3 Å². The first-order chi connectivity index (χ1) is 12.2. The van der Waals surface area contributed by atoms with Crippen LogP contribution in [-0.2, 0) is 24.4 Å². The molecule has 0 bridgehead atoms. The number of methoxy groups -OCH3 is 1. The second kappa shape index (κ2) is 8.43. The van der Waals surface area contributed by atoms with Crippen LogP contribution in [0.3, 0.4) is 0 Å². The van der Waals surface area contributed by atoms with E-state index in [1.807, 2.05) is 24.3 Å². The fraction of sp³-hybridized carbons (Fsp3) is 0.438. The predicted molar refractivity (Wildman–Crippen MR) is 91.0 cm³/mol. The number of nitrogens with zero attached hydrogens (tertiary/aromatic N) is 3. The zero-order chi connectivity index (χ0) is 19.3. The summed E-state index contributed by atoms with van der Waals surface area (Å²) in [5, 5.41) is 8.85. The maximum atomic E-state index is 12.7. The van der Waals surface area contributed by atoms with Crippen LogP contribution in [0.2, 0.25) is 0 Å². The summed E-state index contributed by atoms with van der Waals surface area (Å²) in [5.41, 5.74) is 1.04. The van der Waals surface area contributed by atoms with Gasteiger partial charge in [0.1, 0.15) is 5.75 Å². The number of benzene rings is 1. The molecule has 142 valence electrons. The number of ether oxygens (including phenoxy) is 1. The van der Waals surface area contributed by atoms with Crippen molar-refractivity contribution in [1.82, 2.24) is 20.1 Å². The molecule has 0 saturated carbocycles. The Morgan fingerprint density at radius 1 is 1.31 bits per heavy atom. The predicted octanol–water partition coefficient (Wildman–Crippen LogP) is 2.68. The van der Waals surface area contributed by atoms with E-state index in [1.165, 1.54) is 7.05 Å². The van der Waals surface area contributed by atoms with E-state index in [0.29, 0.717) is 13.0 Å². The number of carbonyl (C=O) groups excluding carboxylic acids is 1. The second-order valence-electron chi connectivity index (χ2n) is 5.51. The van der Waals surface area contributed by atoms with Crippen molar-refractivity contribution >= 4 is 17.7 Å². The van der Waals surface area contributed by atoms with Crippen LogP contribution in [0.5, 0.6) is 5.75 Å². The van der Waals surface area contributed by atoms with Crippen LogP contribution < -0.4 is 10.1 Å². The minimum Gasteiger partial charge on any atom is -0.497 e. The Morgan fingerprint density at radius 2 is 1.96 bits per heavy atom. The van der Waals surface area contributed by atoms with Crippen LogP contribution in [0, 0.1) is 0 Å². The summed E-state index contributed by atoms with van der Waals surface area (Å²) in [4.78, 5) is 12.1. The van der Waals surface area contributed by atoms with Crippen LogP contribution in [0.4, 0.5) is 13.2 Å². The Bertz CT molecular complexity index is 747. The minimum absolute atomic E-state index is 0.0372. The Kier molecular flexibility index (Phi) is 6.52. The molecule has 1 aromatic heterocycles. The SMILES string of the molecule is COc1ccc(CCNC(=O)[C@@H](C)Sc2nnc(C(F)(F)F)n2C)cc1.